The minimum absolute atomic E-state index is 0.139. The number of anilines is 1. The summed E-state index contributed by atoms with van der Waals surface area (Å²) in [5, 5.41) is 13.6. The summed E-state index contributed by atoms with van der Waals surface area (Å²) >= 11 is 2.79. The fraction of sp³-hybridized carbons (Fsp3) is 0.300. The predicted molar refractivity (Wildman–Crippen MR) is 109 cm³/mol. The largest absolute Gasteiger partial charge is 0.301 e. The molecule has 1 aliphatic rings. The number of rotatable bonds is 4. The molecule has 0 saturated heterocycles. The highest BCUT2D eigenvalue weighted by atomic mass is 32.2. The summed E-state index contributed by atoms with van der Waals surface area (Å²) in [6, 6.07) is 8.30. The van der Waals surface area contributed by atoms with E-state index in [1.54, 1.807) is 0 Å². The van der Waals surface area contributed by atoms with Gasteiger partial charge in [-0.15, -0.1) is 0 Å². The van der Waals surface area contributed by atoms with Crippen LogP contribution in [-0.2, 0) is 17.6 Å². The zero-order chi connectivity index (χ0) is 19.0. The molecule has 0 unspecified atom stereocenters. The van der Waals surface area contributed by atoms with E-state index in [-0.39, 0.29) is 11.7 Å². The molecule has 0 saturated carbocycles. The fourth-order valence-corrected chi connectivity index (χ4v) is 5.19. The SMILES string of the molecule is Cc1ccc2nc(NC(=O)CSc3nc4c(c(C)c3C#N)CCC4)sc2c1. The Morgan fingerprint density at radius 1 is 1.33 bits per heavy atom. The summed E-state index contributed by atoms with van der Waals surface area (Å²) in [5.74, 6) is 0.0640. The minimum Gasteiger partial charge on any atom is -0.301 e. The van der Waals surface area contributed by atoms with E-state index in [2.05, 4.69) is 27.4 Å². The van der Waals surface area contributed by atoms with Crippen LogP contribution in [0.4, 0.5) is 5.13 Å². The maximum atomic E-state index is 12.4. The van der Waals surface area contributed by atoms with E-state index < -0.39 is 0 Å². The number of thioether (sulfide) groups is 1. The highest BCUT2D eigenvalue weighted by Crippen LogP contribution is 2.32. The van der Waals surface area contributed by atoms with E-state index in [0.29, 0.717) is 15.7 Å². The molecule has 0 radical (unpaired) electrons. The molecule has 1 N–H and O–H groups in total. The maximum absolute atomic E-state index is 12.4. The first-order valence-corrected chi connectivity index (χ1v) is 10.6. The molecule has 7 heteroatoms. The molecule has 0 bridgehead atoms. The number of thiazole rings is 1. The molecular weight excluding hydrogens is 376 g/mol. The van der Waals surface area contributed by atoms with E-state index in [1.807, 2.05) is 26.0 Å². The number of hydrogen-bond donors (Lipinski definition) is 1. The molecule has 1 aliphatic carbocycles. The lowest BCUT2D eigenvalue weighted by atomic mass is 10.0. The molecule has 0 atom stereocenters. The summed E-state index contributed by atoms with van der Waals surface area (Å²) < 4.78 is 1.06. The van der Waals surface area contributed by atoms with Gasteiger partial charge >= 0.3 is 0 Å². The van der Waals surface area contributed by atoms with Crippen molar-refractivity contribution < 1.29 is 4.79 Å². The first-order chi connectivity index (χ1) is 13.0. The Morgan fingerprint density at radius 3 is 3.00 bits per heavy atom. The van der Waals surface area contributed by atoms with Gasteiger partial charge in [0, 0.05) is 5.69 Å². The van der Waals surface area contributed by atoms with E-state index in [9.17, 15) is 10.1 Å². The van der Waals surface area contributed by atoms with Gasteiger partial charge in [-0.1, -0.05) is 29.2 Å². The first kappa shape index (κ1) is 18.0. The molecule has 1 amide bonds. The second kappa shape index (κ2) is 7.29. The van der Waals surface area contributed by atoms with Crippen LogP contribution in [0.15, 0.2) is 23.2 Å². The van der Waals surface area contributed by atoms with Gasteiger partial charge in [0.2, 0.25) is 5.91 Å². The van der Waals surface area contributed by atoms with Gasteiger partial charge in [-0.3, -0.25) is 4.79 Å². The number of nitrogens with one attached hydrogen (secondary N) is 1. The lowest BCUT2D eigenvalue weighted by molar-refractivity contribution is -0.113. The number of aryl methyl sites for hydroxylation is 2. The van der Waals surface area contributed by atoms with Gasteiger partial charge in [-0.25, -0.2) is 9.97 Å². The summed E-state index contributed by atoms with van der Waals surface area (Å²) in [6.45, 7) is 4.02. The van der Waals surface area contributed by atoms with Crippen LogP contribution in [0.25, 0.3) is 10.2 Å². The average Bonchev–Trinajstić information content (AvgIpc) is 3.26. The Labute approximate surface area is 165 Å². The monoisotopic (exact) mass is 394 g/mol. The third-order valence-corrected chi connectivity index (χ3v) is 6.62. The highest BCUT2D eigenvalue weighted by Gasteiger charge is 2.21. The van der Waals surface area contributed by atoms with Gasteiger partial charge in [-0.2, -0.15) is 5.26 Å². The van der Waals surface area contributed by atoms with Crippen LogP contribution in [0.5, 0.6) is 0 Å². The number of carbonyl (C=O) groups excluding carboxylic acids is 1. The second-order valence-corrected chi connectivity index (χ2v) is 8.63. The summed E-state index contributed by atoms with van der Waals surface area (Å²) in [6.07, 6.45) is 3.03. The van der Waals surface area contributed by atoms with Crippen LogP contribution in [0, 0.1) is 25.2 Å². The van der Waals surface area contributed by atoms with Crippen molar-refractivity contribution in [2.45, 2.75) is 38.1 Å². The van der Waals surface area contributed by atoms with E-state index >= 15 is 0 Å². The summed E-state index contributed by atoms with van der Waals surface area (Å²) in [7, 11) is 0. The van der Waals surface area contributed by atoms with Crippen LogP contribution in [0.2, 0.25) is 0 Å². The predicted octanol–water partition coefficient (Wildman–Crippen LogP) is 4.40. The molecule has 0 fully saturated rings. The van der Waals surface area contributed by atoms with Gasteiger partial charge in [0.25, 0.3) is 0 Å². The first-order valence-electron chi connectivity index (χ1n) is 8.77. The van der Waals surface area contributed by atoms with Gasteiger partial charge in [-0.05, 0) is 61.9 Å². The van der Waals surface area contributed by atoms with Crippen LogP contribution in [0.1, 0.15) is 34.4 Å². The van der Waals surface area contributed by atoms with E-state index in [4.69, 9.17) is 0 Å². The third kappa shape index (κ3) is 3.55. The molecule has 136 valence electrons. The molecule has 4 rings (SSSR count). The number of pyridine rings is 1. The lowest BCUT2D eigenvalue weighted by Crippen LogP contribution is -2.14. The Hall–Kier alpha value is -2.43. The molecule has 2 aromatic heterocycles. The van der Waals surface area contributed by atoms with Gasteiger partial charge in [0.15, 0.2) is 5.13 Å². The van der Waals surface area contributed by atoms with Crippen molar-refractivity contribution in [1.82, 2.24) is 9.97 Å². The summed E-state index contributed by atoms with van der Waals surface area (Å²) in [4.78, 5) is 21.5. The van der Waals surface area contributed by atoms with Crippen molar-refractivity contribution in [3.63, 3.8) is 0 Å². The number of benzene rings is 1. The highest BCUT2D eigenvalue weighted by molar-refractivity contribution is 8.00. The Kier molecular flexibility index (Phi) is 4.85. The molecule has 0 aliphatic heterocycles. The molecule has 0 spiro atoms. The number of amides is 1. The maximum Gasteiger partial charge on any atom is 0.236 e. The normalized spacial score (nSPS) is 12.8. The Balaban J connectivity index is 1.48. The molecule has 1 aromatic carbocycles. The van der Waals surface area contributed by atoms with E-state index in [1.165, 1.54) is 34.2 Å². The van der Waals surface area contributed by atoms with Crippen molar-refractivity contribution in [2.75, 3.05) is 11.1 Å². The van der Waals surface area contributed by atoms with Crippen molar-refractivity contribution in [3.8, 4) is 6.07 Å². The molecule has 27 heavy (non-hydrogen) atoms. The number of fused-ring (bicyclic) bond motifs is 2. The van der Waals surface area contributed by atoms with Gasteiger partial charge < -0.3 is 5.32 Å². The van der Waals surface area contributed by atoms with Crippen molar-refractivity contribution in [1.29, 1.82) is 5.26 Å². The van der Waals surface area contributed by atoms with Crippen LogP contribution < -0.4 is 5.32 Å². The standard InChI is InChI=1S/C20H18N4OS2/c1-11-6-7-16-17(8-11)27-20(23-16)24-18(25)10-26-19-14(9-21)12(2)13-4-3-5-15(13)22-19/h6-8H,3-5,10H2,1-2H3,(H,23,24,25). The smallest absolute Gasteiger partial charge is 0.236 e. The summed E-state index contributed by atoms with van der Waals surface area (Å²) in [5.41, 5.74) is 5.97. The zero-order valence-electron chi connectivity index (χ0n) is 15.1. The van der Waals surface area contributed by atoms with Crippen molar-refractivity contribution >= 4 is 44.4 Å². The second-order valence-electron chi connectivity index (χ2n) is 6.63. The number of hydrogen-bond acceptors (Lipinski definition) is 6. The molecule has 2 heterocycles. The molecule has 5 nitrogen and oxygen atoms in total. The van der Waals surface area contributed by atoms with Crippen molar-refractivity contribution in [3.05, 3.63) is 46.1 Å². The third-order valence-electron chi connectivity index (χ3n) is 4.71. The topological polar surface area (TPSA) is 78.7 Å². The van der Waals surface area contributed by atoms with Gasteiger partial charge in [0.05, 0.1) is 21.5 Å². The Morgan fingerprint density at radius 2 is 2.19 bits per heavy atom. The molecular formula is C20H18N4OS2. The fourth-order valence-electron chi connectivity index (χ4n) is 3.36. The van der Waals surface area contributed by atoms with E-state index in [0.717, 1.165) is 40.7 Å². The number of nitrogens with zero attached hydrogens (tertiary/aromatic N) is 3. The number of nitriles is 1. The molecule has 3 aromatic rings. The van der Waals surface area contributed by atoms with Crippen LogP contribution in [0.3, 0.4) is 0 Å². The lowest BCUT2D eigenvalue weighted by Gasteiger charge is -2.10. The average molecular weight is 395 g/mol. The van der Waals surface area contributed by atoms with Crippen LogP contribution >= 0.6 is 23.1 Å². The Bertz CT molecular complexity index is 1100. The van der Waals surface area contributed by atoms with Gasteiger partial charge in [0.1, 0.15) is 11.1 Å². The van der Waals surface area contributed by atoms with Crippen molar-refractivity contribution in [2.24, 2.45) is 0 Å². The number of aromatic nitrogens is 2. The number of carbonyl (C=O) groups is 1. The minimum atomic E-state index is -0.139. The quantitative estimate of drug-likeness (QED) is 0.664. The zero-order valence-corrected chi connectivity index (χ0v) is 16.8. The van der Waals surface area contributed by atoms with Crippen LogP contribution in [-0.4, -0.2) is 21.6 Å².